The van der Waals surface area contributed by atoms with Crippen molar-refractivity contribution in [1.29, 1.82) is 0 Å². The number of ether oxygens (including phenoxy) is 1. The van der Waals surface area contributed by atoms with Crippen LogP contribution >= 0.6 is 0 Å². The average molecular weight is 481 g/mol. The van der Waals surface area contributed by atoms with Gasteiger partial charge in [-0.1, -0.05) is 30.3 Å². The fraction of sp³-hybridized carbons (Fsp3) is 0.222. The minimum absolute atomic E-state index is 0.291. The lowest BCUT2D eigenvalue weighted by Gasteiger charge is -2.33. The normalized spacial score (nSPS) is 14.3. The minimum Gasteiger partial charge on any atom is -0.424 e. The molecule has 0 aliphatic carbocycles. The monoisotopic (exact) mass is 480 g/mol. The minimum atomic E-state index is 0.291. The van der Waals surface area contributed by atoms with Crippen LogP contribution in [-0.4, -0.2) is 63.3 Å². The second kappa shape index (κ2) is 9.35. The van der Waals surface area contributed by atoms with Crippen LogP contribution in [0.4, 0.5) is 17.5 Å². The zero-order valence-corrected chi connectivity index (χ0v) is 20.3. The number of piperazine rings is 1. The Morgan fingerprint density at radius 2 is 1.72 bits per heavy atom. The van der Waals surface area contributed by atoms with Gasteiger partial charge in [-0.25, -0.2) is 0 Å². The van der Waals surface area contributed by atoms with Crippen molar-refractivity contribution < 1.29 is 4.74 Å². The van der Waals surface area contributed by atoms with E-state index < -0.39 is 0 Å². The first-order valence-corrected chi connectivity index (χ1v) is 12.1. The topological polar surface area (TPSA) is 98.0 Å². The van der Waals surface area contributed by atoms with Crippen molar-refractivity contribution in [3.8, 4) is 23.0 Å². The summed E-state index contributed by atoms with van der Waals surface area (Å²) < 4.78 is 6.16. The maximum absolute atomic E-state index is 6.16. The van der Waals surface area contributed by atoms with Gasteiger partial charge in [-0.05, 0) is 43.8 Å². The fourth-order valence-electron chi connectivity index (χ4n) is 4.43. The molecule has 0 radical (unpaired) electrons. The number of rotatable bonds is 6. The molecule has 1 aliphatic heterocycles. The van der Waals surface area contributed by atoms with Crippen molar-refractivity contribution in [1.82, 2.24) is 30.0 Å². The van der Waals surface area contributed by atoms with Crippen LogP contribution in [0.15, 0.2) is 66.7 Å². The van der Waals surface area contributed by atoms with Gasteiger partial charge in [-0.2, -0.15) is 15.1 Å². The molecule has 9 heteroatoms. The maximum atomic E-state index is 6.16. The van der Waals surface area contributed by atoms with Crippen LogP contribution in [0.3, 0.4) is 0 Å². The Labute approximate surface area is 209 Å². The molecule has 9 nitrogen and oxygen atoms in total. The number of aromatic amines is 2. The standard InChI is InChI=1S/C27H28N8O/c1-18-14-20-15-21(8-9-22(20)28-18)36-27-30-24(17-26(31-27)35-12-10-34(2)11-13-35)29-25-16-23(32-33-25)19-6-4-3-5-7-19/h3-9,14-17,28H,10-13H2,1-2H3,(H2,29,30,31,32,33). The van der Waals surface area contributed by atoms with Crippen LogP contribution in [0.1, 0.15) is 5.69 Å². The van der Waals surface area contributed by atoms with E-state index in [9.17, 15) is 0 Å². The molecule has 0 bridgehead atoms. The number of H-pyrrole nitrogens is 2. The van der Waals surface area contributed by atoms with Crippen molar-refractivity contribution in [3.63, 3.8) is 0 Å². The largest absolute Gasteiger partial charge is 0.424 e. The molecule has 5 aromatic rings. The van der Waals surface area contributed by atoms with Gasteiger partial charge in [0.2, 0.25) is 0 Å². The number of nitrogens with zero attached hydrogens (tertiary/aromatic N) is 5. The van der Waals surface area contributed by atoms with Crippen molar-refractivity contribution in [3.05, 3.63) is 72.4 Å². The molecule has 3 aromatic heterocycles. The first-order valence-electron chi connectivity index (χ1n) is 12.1. The molecular weight excluding hydrogens is 452 g/mol. The van der Waals surface area contributed by atoms with Gasteiger partial charge in [-0.3, -0.25) is 5.10 Å². The Morgan fingerprint density at radius 3 is 2.56 bits per heavy atom. The molecule has 1 saturated heterocycles. The van der Waals surface area contributed by atoms with E-state index in [1.807, 2.05) is 67.6 Å². The number of fused-ring (bicyclic) bond motifs is 1. The molecule has 182 valence electrons. The fourth-order valence-corrected chi connectivity index (χ4v) is 4.43. The molecule has 36 heavy (non-hydrogen) atoms. The Balaban J connectivity index is 1.30. The van der Waals surface area contributed by atoms with Crippen LogP contribution in [0, 0.1) is 6.92 Å². The molecule has 0 amide bonds. The SMILES string of the molecule is Cc1cc2cc(Oc3nc(Nc4cc(-c5ccccc5)[nH]n4)cc(N4CCN(C)CC4)n3)ccc2[nH]1. The Bertz CT molecular complexity index is 1480. The Morgan fingerprint density at radius 1 is 0.889 bits per heavy atom. The van der Waals surface area contributed by atoms with E-state index >= 15 is 0 Å². The molecule has 2 aromatic carbocycles. The van der Waals surface area contributed by atoms with E-state index in [2.05, 4.69) is 48.4 Å². The quantitative estimate of drug-likeness (QED) is 0.316. The zero-order valence-electron chi connectivity index (χ0n) is 20.3. The summed E-state index contributed by atoms with van der Waals surface area (Å²) in [4.78, 5) is 17.3. The van der Waals surface area contributed by atoms with E-state index in [0.717, 1.165) is 59.9 Å². The third-order valence-corrected chi connectivity index (χ3v) is 6.37. The Hall–Kier alpha value is -4.37. The number of hydrogen-bond acceptors (Lipinski definition) is 7. The lowest BCUT2D eigenvalue weighted by atomic mass is 10.2. The van der Waals surface area contributed by atoms with Gasteiger partial charge >= 0.3 is 6.01 Å². The highest BCUT2D eigenvalue weighted by Crippen LogP contribution is 2.29. The molecule has 1 aliphatic rings. The molecule has 0 spiro atoms. The number of benzene rings is 2. The molecule has 0 unspecified atom stereocenters. The summed E-state index contributed by atoms with van der Waals surface area (Å²) in [5.41, 5.74) is 4.18. The van der Waals surface area contributed by atoms with E-state index in [1.165, 1.54) is 0 Å². The molecule has 0 saturated carbocycles. The number of nitrogens with one attached hydrogen (secondary N) is 3. The van der Waals surface area contributed by atoms with Crippen LogP contribution < -0.4 is 15.0 Å². The summed E-state index contributed by atoms with van der Waals surface area (Å²) in [6.07, 6.45) is 0. The highest BCUT2D eigenvalue weighted by atomic mass is 16.5. The van der Waals surface area contributed by atoms with Crippen LogP contribution in [0.2, 0.25) is 0 Å². The summed E-state index contributed by atoms with van der Waals surface area (Å²) in [6.45, 7) is 5.78. The van der Waals surface area contributed by atoms with Gasteiger partial charge in [0.25, 0.3) is 0 Å². The lowest BCUT2D eigenvalue weighted by Crippen LogP contribution is -2.44. The van der Waals surface area contributed by atoms with E-state index in [-0.39, 0.29) is 0 Å². The van der Waals surface area contributed by atoms with E-state index in [0.29, 0.717) is 23.4 Å². The molecule has 3 N–H and O–H groups in total. The highest BCUT2D eigenvalue weighted by Gasteiger charge is 2.18. The maximum Gasteiger partial charge on any atom is 0.325 e. The number of hydrogen-bond donors (Lipinski definition) is 3. The second-order valence-electron chi connectivity index (χ2n) is 9.15. The zero-order chi connectivity index (χ0) is 24.5. The molecular formula is C27H28N8O. The van der Waals surface area contributed by atoms with Gasteiger partial charge in [-0.15, -0.1) is 0 Å². The number of anilines is 3. The Kier molecular flexibility index (Phi) is 5.74. The van der Waals surface area contributed by atoms with Crippen LogP contribution in [0.5, 0.6) is 11.8 Å². The van der Waals surface area contributed by atoms with Crippen LogP contribution in [0.25, 0.3) is 22.2 Å². The first kappa shape index (κ1) is 22.1. The van der Waals surface area contributed by atoms with Crippen LogP contribution in [-0.2, 0) is 0 Å². The third kappa shape index (κ3) is 4.73. The van der Waals surface area contributed by atoms with Crippen molar-refractivity contribution >= 4 is 28.4 Å². The molecule has 0 atom stereocenters. The average Bonchev–Trinajstić information content (AvgIpc) is 3.50. The number of aromatic nitrogens is 5. The van der Waals surface area contributed by atoms with E-state index in [4.69, 9.17) is 9.72 Å². The molecule has 6 rings (SSSR count). The number of likely N-dealkylation sites (N-methyl/N-ethyl adjacent to an activating group) is 1. The third-order valence-electron chi connectivity index (χ3n) is 6.37. The summed E-state index contributed by atoms with van der Waals surface area (Å²) in [6, 6.07) is 22.3. The van der Waals surface area contributed by atoms with E-state index in [1.54, 1.807) is 0 Å². The van der Waals surface area contributed by atoms with Gasteiger partial charge in [0.1, 0.15) is 17.4 Å². The van der Waals surface area contributed by atoms with Gasteiger partial charge < -0.3 is 24.8 Å². The smallest absolute Gasteiger partial charge is 0.325 e. The van der Waals surface area contributed by atoms with Crippen molar-refractivity contribution in [2.45, 2.75) is 6.92 Å². The van der Waals surface area contributed by atoms with Gasteiger partial charge in [0, 0.05) is 54.9 Å². The first-order chi connectivity index (χ1) is 17.6. The second-order valence-corrected chi connectivity index (χ2v) is 9.15. The predicted octanol–water partition coefficient (Wildman–Crippen LogP) is 4.94. The number of aryl methyl sites for hydroxylation is 1. The summed E-state index contributed by atoms with van der Waals surface area (Å²) in [7, 11) is 2.14. The summed E-state index contributed by atoms with van der Waals surface area (Å²) in [5.74, 6) is 2.81. The predicted molar refractivity (Wildman–Crippen MR) is 142 cm³/mol. The van der Waals surface area contributed by atoms with Gasteiger partial charge in [0.05, 0.1) is 5.69 Å². The van der Waals surface area contributed by atoms with Gasteiger partial charge in [0.15, 0.2) is 5.82 Å². The van der Waals surface area contributed by atoms with Crippen molar-refractivity contribution in [2.75, 3.05) is 43.4 Å². The molecule has 1 fully saturated rings. The summed E-state index contributed by atoms with van der Waals surface area (Å²) >= 11 is 0. The van der Waals surface area contributed by atoms with Crippen molar-refractivity contribution in [2.24, 2.45) is 0 Å². The highest BCUT2D eigenvalue weighted by molar-refractivity contribution is 5.82. The summed E-state index contributed by atoms with van der Waals surface area (Å²) in [5, 5.41) is 11.9. The molecule has 4 heterocycles. The lowest BCUT2D eigenvalue weighted by molar-refractivity contribution is 0.311.